The van der Waals surface area contributed by atoms with Crippen molar-refractivity contribution in [3.05, 3.63) is 36.5 Å². The zero-order valence-electron chi connectivity index (χ0n) is 10.9. The van der Waals surface area contributed by atoms with Gasteiger partial charge in [0.15, 0.2) is 5.11 Å². The van der Waals surface area contributed by atoms with Crippen LogP contribution in [0.3, 0.4) is 0 Å². The maximum Gasteiger partial charge on any atom is 0.573 e. The average molecular weight is 302 g/mol. The molecule has 108 valence electrons. The summed E-state index contributed by atoms with van der Waals surface area (Å²) in [6.07, 6.45) is -0.977. The highest BCUT2D eigenvalue weighted by Gasteiger charge is 2.31. The molecule has 1 N–H and O–H groups in total. The van der Waals surface area contributed by atoms with Crippen LogP contribution in [-0.2, 0) is 0 Å². The molecule has 0 saturated carbocycles. The average Bonchev–Trinajstić information content (AvgIpc) is 2.27. The Morgan fingerprint density at radius 2 is 1.80 bits per heavy atom. The summed E-state index contributed by atoms with van der Waals surface area (Å²) in [5, 5.41) is 3.60. The molecular formula is C13H13F3N2OS. The SMILES string of the molecule is CC1(C)C=CN(c2ccc(OC(F)(F)F)cc2)C(=S)N1. The van der Waals surface area contributed by atoms with Crippen LogP contribution < -0.4 is 15.0 Å². The summed E-state index contributed by atoms with van der Waals surface area (Å²) in [5.74, 6) is -0.263. The van der Waals surface area contributed by atoms with Gasteiger partial charge in [-0.25, -0.2) is 0 Å². The van der Waals surface area contributed by atoms with E-state index in [9.17, 15) is 13.2 Å². The van der Waals surface area contributed by atoms with Crippen molar-refractivity contribution in [3.63, 3.8) is 0 Å². The lowest BCUT2D eigenvalue weighted by Gasteiger charge is -2.34. The molecule has 0 aliphatic carbocycles. The van der Waals surface area contributed by atoms with Crippen LogP contribution in [0.5, 0.6) is 5.75 Å². The molecule has 0 aromatic heterocycles. The maximum absolute atomic E-state index is 12.1. The number of alkyl halides is 3. The lowest BCUT2D eigenvalue weighted by atomic mass is 10.0. The van der Waals surface area contributed by atoms with Crippen molar-refractivity contribution in [2.45, 2.75) is 25.7 Å². The standard InChI is InChI=1S/C13H13F3N2OS/c1-12(2)7-8-18(11(20)17-12)9-3-5-10(6-4-9)19-13(14,15)16/h3-8H,1-2H3,(H,17,20). The zero-order valence-corrected chi connectivity index (χ0v) is 11.7. The first-order chi connectivity index (χ1) is 9.16. The molecule has 7 heteroatoms. The van der Waals surface area contributed by atoms with Gasteiger partial charge in [0.05, 0.1) is 5.54 Å². The van der Waals surface area contributed by atoms with E-state index >= 15 is 0 Å². The van der Waals surface area contributed by atoms with Gasteiger partial charge in [0.1, 0.15) is 5.75 Å². The first kappa shape index (κ1) is 14.6. The van der Waals surface area contributed by atoms with E-state index in [0.29, 0.717) is 10.8 Å². The van der Waals surface area contributed by atoms with Gasteiger partial charge in [-0.15, -0.1) is 13.2 Å². The molecule has 0 bridgehead atoms. The monoisotopic (exact) mass is 302 g/mol. The molecule has 1 aliphatic heterocycles. The number of hydrogen-bond acceptors (Lipinski definition) is 2. The molecule has 3 nitrogen and oxygen atoms in total. The van der Waals surface area contributed by atoms with Gasteiger partial charge < -0.3 is 10.1 Å². The van der Waals surface area contributed by atoms with Crippen molar-refractivity contribution >= 4 is 23.0 Å². The third kappa shape index (κ3) is 3.63. The number of thiocarbonyl (C=S) groups is 1. The molecule has 0 fully saturated rings. The van der Waals surface area contributed by atoms with Crippen LogP contribution >= 0.6 is 12.2 Å². The van der Waals surface area contributed by atoms with E-state index < -0.39 is 6.36 Å². The highest BCUT2D eigenvalue weighted by Crippen LogP contribution is 2.26. The first-order valence-electron chi connectivity index (χ1n) is 5.83. The van der Waals surface area contributed by atoms with Gasteiger partial charge in [-0.2, -0.15) is 0 Å². The molecule has 0 saturated heterocycles. The van der Waals surface area contributed by atoms with Gasteiger partial charge in [-0.1, -0.05) is 0 Å². The molecule has 1 heterocycles. The second-order valence-electron chi connectivity index (χ2n) is 4.88. The minimum atomic E-state index is -4.69. The number of halogens is 3. The summed E-state index contributed by atoms with van der Waals surface area (Å²) < 4.78 is 40.0. The van der Waals surface area contributed by atoms with Crippen molar-refractivity contribution in [3.8, 4) is 5.75 Å². The van der Waals surface area contributed by atoms with Crippen LogP contribution in [0.1, 0.15) is 13.8 Å². The molecule has 0 amide bonds. The Morgan fingerprint density at radius 1 is 1.20 bits per heavy atom. The minimum absolute atomic E-state index is 0.243. The normalized spacial score (nSPS) is 17.9. The lowest BCUT2D eigenvalue weighted by Crippen LogP contribution is -2.51. The number of rotatable bonds is 2. The predicted molar refractivity (Wildman–Crippen MR) is 74.6 cm³/mol. The molecule has 1 aromatic rings. The minimum Gasteiger partial charge on any atom is -0.406 e. The van der Waals surface area contributed by atoms with E-state index in [1.54, 1.807) is 11.1 Å². The maximum atomic E-state index is 12.1. The largest absolute Gasteiger partial charge is 0.573 e. The Hall–Kier alpha value is -1.76. The van der Waals surface area contributed by atoms with E-state index in [2.05, 4.69) is 10.1 Å². The van der Waals surface area contributed by atoms with Crippen LogP contribution in [0.4, 0.5) is 18.9 Å². The number of benzene rings is 1. The summed E-state index contributed by atoms with van der Waals surface area (Å²) in [6, 6.07) is 5.52. The highest BCUT2D eigenvalue weighted by atomic mass is 32.1. The van der Waals surface area contributed by atoms with Crippen LogP contribution in [0, 0.1) is 0 Å². The zero-order chi connectivity index (χ0) is 15.0. The van der Waals surface area contributed by atoms with Crippen LogP contribution in [0.25, 0.3) is 0 Å². The number of ether oxygens (including phenoxy) is 1. The Kier molecular flexibility index (Phi) is 3.64. The van der Waals surface area contributed by atoms with E-state index in [1.165, 1.54) is 24.3 Å². The van der Waals surface area contributed by atoms with Gasteiger partial charge in [0.2, 0.25) is 0 Å². The molecule has 0 spiro atoms. The van der Waals surface area contributed by atoms with Crippen LogP contribution in [0.2, 0.25) is 0 Å². The fourth-order valence-corrected chi connectivity index (χ4v) is 2.15. The van der Waals surface area contributed by atoms with Crippen molar-refractivity contribution in [1.29, 1.82) is 0 Å². The molecule has 0 unspecified atom stereocenters. The summed E-state index contributed by atoms with van der Waals surface area (Å²) in [5.41, 5.74) is 0.413. The van der Waals surface area contributed by atoms with Crippen LogP contribution in [-0.4, -0.2) is 17.0 Å². The molecule has 1 aliphatic rings. The van der Waals surface area contributed by atoms with Crippen molar-refractivity contribution in [2.75, 3.05) is 4.90 Å². The third-order valence-electron chi connectivity index (χ3n) is 2.64. The highest BCUT2D eigenvalue weighted by molar-refractivity contribution is 7.80. The number of hydrogen-bond donors (Lipinski definition) is 1. The second kappa shape index (κ2) is 4.97. The number of nitrogens with zero attached hydrogens (tertiary/aromatic N) is 1. The van der Waals surface area contributed by atoms with E-state index in [0.717, 1.165) is 0 Å². The van der Waals surface area contributed by atoms with E-state index in [1.807, 2.05) is 19.9 Å². The van der Waals surface area contributed by atoms with E-state index in [4.69, 9.17) is 12.2 Å². The van der Waals surface area contributed by atoms with Gasteiger partial charge in [-0.05, 0) is 56.4 Å². The summed E-state index contributed by atoms with van der Waals surface area (Å²) in [6.45, 7) is 3.93. The smallest absolute Gasteiger partial charge is 0.406 e. The second-order valence-corrected chi connectivity index (χ2v) is 5.27. The van der Waals surface area contributed by atoms with Gasteiger partial charge in [0.25, 0.3) is 0 Å². The Labute approximate surface area is 120 Å². The van der Waals surface area contributed by atoms with Crippen molar-refractivity contribution in [2.24, 2.45) is 0 Å². The fourth-order valence-electron chi connectivity index (χ4n) is 1.72. The third-order valence-corrected chi connectivity index (χ3v) is 2.94. The fraction of sp³-hybridized carbons (Fsp3) is 0.308. The molecule has 2 rings (SSSR count). The molecule has 0 radical (unpaired) electrons. The lowest BCUT2D eigenvalue weighted by molar-refractivity contribution is -0.274. The topological polar surface area (TPSA) is 24.5 Å². The molecule has 0 atom stereocenters. The molecule has 20 heavy (non-hydrogen) atoms. The van der Waals surface area contributed by atoms with Gasteiger partial charge in [-0.3, -0.25) is 4.90 Å². The summed E-state index contributed by atoms with van der Waals surface area (Å²) in [4.78, 5) is 1.68. The van der Waals surface area contributed by atoms with Gasteiger partial charge >= 0.3 is 6.36 Å². The molecule has 1 aromatic carbocycles. The van der Waals surface area contributed by atoms with E-state index in [-0.39, 0.29) is 11.3 Å². The Bertz CT molecular complexity index is 538. The number of nitrogens with one attached hydrogen (secondary N) is 1. The quantitative estimate of drug-likeness (QED) is 0.844. The number of anilines is 1. The molecular weight excluding hydrogens is 289 g/mol. The summed E-state index contributed by atoms with van der Waals surface area (Å²) >= 11 is 5.23. The van der Waals surface area contributed by atoms with Gasteiger partial charge in [0, 0.05) is 11.9 Å². The van der Waals surface area contributed by atoms with Crippen molar-refractivity contribution < 1.29 is 17.9 Å². The summed E-state index contributed by atoms with van der Waals surface area (Å²) in [7, 11) is 0. The Balaban J connectivity index is 2.17. The Morgan fingerprint density at radius 3 is 2.30 bits per heavy atom. The van der Waals surface area contributed by atoms with Crippen molar-refractivity contribution in [1.82, 2.24) is 5.32 Å². The first-order valence-corrected chi connectivity index (χ1v) is 6.24. The van der Waals surface area contributed by atoms with Crippen LogP contribution in [0.15, 0.2) is 36.5 Å². The predicted octanol–water partition coefficient (Wildman–Crippen LogP) is 3.57.